The van der Waals surface area contributed by atoms with Crippen LogP contribution in [0.4, 0.5) is 0 Å². The zero-order valence-electron chi connectivity index (χ0n) is 15.4. The van der Waals surface area contributed by atoms with E-state index in [1.807, 2.05) is 41.2 Å². The Kier molecular flexibility index (Phi) is 5.57. The van der Waals surface area contributed by atoms with E-state index < -0.39 is 6.10 Å². The molecule has 3 rings (SSSR count). The minimum Gasteiger partial charge on any atom is -0.388 e. The van der Waals surface area contributed by atoms with Gasteiger partial charge in [0.2, 0.25) is 0 Å². The van der Waals surface area contributed by atoms with Crippen molar-refractivity contribution in [3.05, 3.63) is 53.9 Å². The molecule has 2 aromatic rings. The Balaban J connectivity index is 1.66. The zero-order valence-corrected chi connectivity index (χ0v) is 15.4. The lowest BCUT2D eigenvalue weighted by atomic mass is 10.0. The van der Waals surface area contributed by atoms with Gasteiger partial charge in [-0.2, -0.15) is 5.10 Å². The molecule has 1 fully saturated rings. The smallest absolute Gasteiger partial charge is 0.0805 e. The maximum atomic E-state index is 10.6. The highest BCUT2D eigenvalue weighted by Gasteiger charge is 2.26. The highest BCUT2D eigenvalue weighted by molar-refractivity contribution is 5.17. The summed E-state index contributed by atoms with van der Waals surface area (Å²) in [7, 11) is 0. The van der Waals surface area contributed by atoms with Crippen molar-refractivity contribution in [3.8, 4) is 0 Å². The Morgan fingerprint density at radius 1 is 1.28 bits per heavy atom. The number of nitrogens with zero attached hydrogens (tertiary/aromatic N) is 3. The number of aromatic nitrogens is 2. The van der Waals surface area contributed by atoms with E-state index in [-0.39, 0.29) is 11.6 Å². The van der Waals surface area contributed by atoms with Gasteiger partial charge in [-0.15, -0.1) is 0 Å². The molecule has 25 heavy (non-hydrogen) atoms. The number of aliphatic hydroxyl groups is 1. The van der Waals surface area contributed by atoms with Gasteiger partial charge in [-0.05, 0) is 32.8 Å². The quantitative estimate of drug-likeness (QED) is 0.907. The molecule has 1 saturated heterocycles. The van der Waals surface area contributed by atoms with Crippen molar-refractivity contribution in [1.29, 1.82) is 0 Å². The zero-order chi connectivity index (χ0) is 17.9. The standard InChI is InChI=1S/C20H29N3O2/c1-20(2,3)23-14-16(12-21-23)13-22-9-10-25-15-18(22)11-19(24)17-7-5-4-6-8-17/h4-8,12,14,18-19,24H,9-11,13,15H2,1-3H3. The van der Waals surface area contributed by atoms with Crippen LogP contribution in [-0.4, -0.2) is 45.6 Å². The summed E-state index contributed by atoms with van der Waals surface area (Å²) in [5.41, 5.74) is 2.16. The Hall–Kier alpha value is -1.69. The molecule has 1 N–H and O–H groups in total. The molecule has 0 radical (unpaired) electrons. The Morgan fingerprint density at radius 2 is 2.04 bits per heavy atom. The first-order valence-electron chi connectivity index (χ1n) is 9.02. The third kappa shape index (κ3) is 4.69. The topological polar surface area (TPSA) is 50.5 Å². The van der Waals surface area contributed by atoms with Gasteiger partial charge in [-0.3, -0.25) is 9.58 Å². The van der Waals surface area contributed by atoms with Gasteiger partial charge in [0, 0.05) is 30.9 Å². The normalized spacial score (nSPS) is 20.6. The first kappa shape index (κ1) is 18.1. The average Bonchev–Trinajstić information content (AvgIpc) is 3.06. The monoisotopic (exact) mass is 343 g/mol. The summed E-state index contributed by atoms with van der Waals surface area (Å²) in [6.07, 6.45) is 4.29. The van der Waals surface area contributed by atoms with Crippen LogP contribution in [0.1, 0.15) is 44.4 Å². The molecule has 136 valence electrons. The molecule has 5 heteroatoms. The second-order valence-corrected chi connectivity index (χ2v) is 7.83. The predicted molar refractivity (Wildman–Crippen MR) is 98.3 cm³/mol. The van der Waals surface area contributed by atoms with E-state index >= 15 is 0 Å². The van der Waals surface area contributed by atoms with Crippen LogP contribution in [0.3, 0.4) is 0 Å². The van der Waals surface area contributed by atoms with Crippen LogP contribution in [0.15, 0.2) is 42.7 Å². The van der Waals surface area contributed by atoms with Crippen LogP contribution in [0.2, 0.25) is 0 Å². The first-order valence-corrected chi connectivity index (χ1v) is 9.02. The maximum absolute atomic E-state index is 10.6. The Morgan fingerprint density at radius 3 is 2.72 bits per heavy atom. The molecule has 0 aliphatic carbocycles. The summed E-state index contributed by atoms with van der Waals surface area (Å²) in [6.45, 7) is 9.58. The second kappa shape index (κ2) is 7.68. The lowest BCUT2D eigenvalue weighted by Crippen LogP contribution is -2.45. The van der Waals surface area contributed by atoms with Gasteiger partial charge in [0.25, 0.3) is 0 Å². The van der Waals surface area contributed by atoms with Crippen LogP contribution in [0.25, 0.3) is 0 Å². The Labute approximate surface area is 150 Å². The molecule has 1 aliphatic rings. The summed E-state index contributed by atoms with van der Waals surface area (Å²) in [5.74, 6) is 0. The highest BCUT2D eigenvalue weighted by Crippen LogP contribution is 2.24. The van der Waals surface area contributed by atoms with Gasteiger partial charge in [-0.25, -0.2) is 0 Å². The second-order valence-electron chi connectivity index (χ2n) is 7.83. The number of aliphatic hydroxyl groups excluding tert-OH is 1. The number of hydrogen-bond acceptors (Lipinski definition) is 4. The van der Waals surface area contributed by atoms with E-state index in [4.69, 9.17) is 4.74 Å². The summed E-state index contributed by atoms with van der Waals surface area (Å²) in [6, 6.07) is 10.1. The number of morpholine rings is 1. The lowest BCUT2D eigenvalue weighted by Gasteiger charge is -2.36. The molecular formula is C20H29N3O2. The van der Waals surface area contributed by atoms with Crippen molar-refractivity contribution >= 4 is 0 Å². The molecular weight excluding hydrogens is 314 g/mol. The summed E-state index contributed by atoms with van der Waals surface area (Å²) in [5, 5.41) is 15.1. The van der Waals surface area contributed by atoms with E-state index in [1.165, 1.54) is 5.56 Å². The summed E-state index contributed by atoms with van der Waals surface area (Å²) < 4.78 is 7.68. The van der Waals surface area contributed by atoms with Gasteiger partial charge in [0.1, 0.15) is 0 Å². The molecule has 0 amide bonds. The van der Waals surface area contributed by atoms with E-state index in [1.54, 1.807) is 0 Å². The largest absolute Gasteiger partial charge is 0.388 e. The van der Waals surface area contributed by atoms with Gasteiger partial charge in [0.05, 0.1) is 31.1 Å². The minimum absolute atomic E-state index is 0.00777. The van der Waals surface area contributed by atoms with Gasteiger partial charge < -0.3 is 9.84 Å². The highest BCUT2D eigenvalue weighted by atomic mass is 16.5. The van der Waals surface area contributed by atoms with Crippen LogP contribution in [-0.2, 0) is 16.8 Å². The molecule has 0 spiro atoms. The van der Waals surface area contributed by atoms with Crippen molar-refractivity contribution < 1.29 is 9.84 Å². The molecule has 0 saturated carbocycles. The first-order chi connectivity index (χ1) is 11.9. The third-order valence-electron chi connectivity index (χ3n) is 4.74. The fourth-order valence-electron chi connectivity index (χ4n) is 3.23. The van der Waals surface area contributed by atoms with Crippen molar-refractivity contribution in [2.45, 2.75) is 51.4 Å². The summed E-state index contributed by atoms with van der Waals surface area (Å²) >= 11 is 0. The van der Waals surface area contributed by atoms with Crippen LogP contribution in [0.5, 0.6) is 0 Å². The fraction of sp³-hybridized carbons (Fsp3) is 0.550. The molecule has 1 aromatic heterocycles. The van der Waals surface area contributed by atoms with Crippen LogP contribution < -0.4 is 0 Å². The number of benzene rings is 1. The van der Waals surface area contributed by atoms with Crippen molar-refractivity contribution in [2.24, 2.45) is 0 Å². The number of ether oxygens (including phenoxy) is 1. The van der Waals surface area contributed by atoms with Crippen molar-refractivity contribution in [2.75, 3.05) is 19.8 Å². The molecule has 2 unspecified atom stereocenters. The third-order valence-corrected chi connectivity index (χ3v) is 4.74. The minimum atomic E-state index is -0.465. The lowest BCUT2D eigenvalue weighted by molar-refractivity contribution is -0.0300. The number of hydrogen-bond donors (Lipinski definition) is 1. The molecule has 5 nitrogen and oxygen atoms in total. The molecule has 2 heterocycles. The van der Waals surface area contributed by atoms with Gasteiger partial charge in [-0.1, -0.05) is 30.3 Å². The van der Waals surface area contributed by atoms with E-state index in [0.29, 0.717) is 13.0 Å². The fourth-order valence-corrected chi connectivity index (χ4v) is 3.23. The van der Waals surface area contributed by atoms with Gasteiger partial charge in [0.15, 0.2) is 0 Å². The van der Waals surface area contributed by atoms with E-state index in [9.17, 15) is 5.11 Å². The molecule has 1 aliphatic heterocycles. The van der Waals surface area contributed by atoms with E-state index in [0.717, 1.165) is 25.3 Å². The number of rotatable bonds is 5. The van der Waals surface area contributed by atoms with Crippen LogP contribution in [0, 0.1) is 0 Å². The Bertz CT molecular complexity index is 663. The molecule has 2 atom stereocenters. The SMILES string of the molecule is CC(C)(C)n1cc(CN2CCOCC2CC(O)c2ccccc2)cn1. The maximum Gasteiger partial charge on any atom is 0.0805 e. The molecule has 1 aromatic carbocycles. The van der Waals surface area contributed by atoms with Crippen molar-refractivity contribution in [3.63, 3.8) is 0 Å². The predicted octanol–water partition coefficient (Wildman–Crippen LogP) is 2.96. The summed E-state index contributed by atoms with van der Waals surface area (Å²) in [4.78, 5) is 2.40. The van der Waals surface area contributed by atoms with Gasteiger partial charge >= 0.3 is 0 Å². The molecule has 0 bridgehead atoms. The van der Waals surface area contributed by atoms with Crippen LogP contribution >= 0.6 is 0 Å². The van der Waals surface area contributed by atoms with E-state index in [2.05, 4.69) is 37.0 Å². The van der Waals surface area contributed by atoms with Crippen molar-refractivity contribution in [1.82, 2.24) is 14.7 Å². The average molecular weight is 343 g/mol.